The van der Waals surface area contributed by atoms with Crippen LogP contribution in [0.25, 0.3) is 11.4 Å². The number of hydrogen-bond donors (Lipinski definition) is 1. The molecule has 0 spiro atoms. The van der Waals surface area contributed by atoms with E-state index in [4.69, 9.17) is 0 Å². The first kappa shape index (κ1) is 21.2. The third-order valence-corrected chi connectivity index (χ3v) is 4.28. The van der Waals surface area contributed by atoms with E-state index in [0.29, 0.717) is 0 Å². The normalized spacial score (nSPS) is 11.5. The van der Waals surface area contributed by atoms with Crippen LogP contribution in [0.15, 0.2) is 47.3 Å². The lowest BCUT2D eigenvalue weighted by atomic mass is 10.1. The van der Waals surface area contributed by atoms with Gasteiger partial charge in [-0.1, -0.05) is 12.1 Å². The Kier molecular flexibility index (Phi) is 5.72. The minimum atomic E-state index is -4.54. The zero-order chi connectivity index (χ0) is 22.1. The van der Waals surface area contributed by atoms with Gasteiger partial charge in [-0.25, -0.2) is 18.3 Å². The number of rotatable bonds is 5. The number of alkyl halides is 3. The maximum atomic E-state index is 13.2. The summed E-state index contributed by atoms with van der Waals surface area (Å²) in [5.74, 6) is -2.92. The second kappa shape index (κ2) is 8.09. The molecule has 3 aromatic rings. The molecule has 30 heavy (non-hydrogen) atoms. The van der Waals surface area contributed by atoms with E-state index in [1.165, 1.54) is 19.2 Å². The van der Waals surface area contributed by atoms with E-state index in [1.54, 1.807) is 0 Å². The summed E-state index contributed by atoms with van der Waals surface area (Å²) in [6.45, 7) is -0.155. The topological polar surface area (TPSA) is 68.9 Å². The number of carbonyl (C=O) groups is 1. The van der Waals surface area contributed by atoms with E-state index in [-0.39, 0.29) is 30.0 Å². The van der Waals surface area contributed by atoms with Crippen LogP contribution < -0.4 is 11.0 Å². The molecule has 0 aliphatic rings. The van der Waals surface area contributed by atoms with E-state index >= 15 is 0 Å². The molecule has 6 nitrogen and oxygen atoms in total. The van der Waals surface area contributed by atoms with Crippen LogP contribution in [0.5, 0.6) is 0 Å². The van der Waals surface area contributed by atoms with Crippen LogP contribution in [0.4, 0.5) is 22.0 Å². The number of nitrogens with one attached hydrogen (secondary N) is 1. The Morgan fingerprint density at radius 1 is 1.10 bits per heavy atom. The zero-order valence-electron chi connectivity index (χ0n) is 15.5. The zero-order valence-corrected chi connectivity index (χ0v) is 15.5. The van der Waals surface area contributed by atoms with Crippen molar-refractivity contribution in [3.05, 3.63) is 75.7 Å². The van der Waals surface area contributed by atoms with E-state index in [0.717, 1.165) is 39.6 Å². The molecule has 0 saturated heterocycles. The van der Waals surface area contributed by atoms with Crippen LogP contribution in [0.3, 0.4) is 0 Å². The summed E-state index contributed by atoms with van der Waals surface area (Å²) < 4.78 is 67.0. The lowest BCUT2D eigenvalue weighted by Gasteiger charge is -2.08. The van der Waals surface area contributed by atoms with Crippen LogP contribution in [-0.4, -0.2) is 26.8 Å². The Bertz CT molecular complexity index is 1150. The summed E-state index contributed by atoms with van der Waals surface area (Å²) in [7, 11) is 1.36. The molecule has 0 radical (unpaired) electrons. The van der Waals surface area contributed by atoms with Crippen molar-refractivity contribution in [3.8, 4) is 11.4 Å². The smallest absolute Gasteiger partial charge is 0.350 e. The summed E-state index contributed by atoms with van der Waals surface area (Å²) in [5, 5.41) is 6.47. The van der Waals surface area contributed by atoms with Gasteiger partial charge in [-0.05, 0) is 30.3 Å². The van der Waals surface area contributed by atoms with Crippen LogP contribution >= 0.6 is 0 Å². The first-order valence-electron chi connectivity index (χ1n) is 8.62. The molecule has 11 heteroatoms. The first-order valence-corrected chi connectivity index (χ1v) is 8.62. The summed E-state index contributed by atoms with van der Waals surface area (Å²) >= 11 is 0. The number of halogens is 5. The average molecular weight is 426 g/mol. The molecule has 1 aromatic heterocycles. The van der Waals surface area contributed by atoms with Crippen LogP contribution in [0.1, 0.15) is 15.9 Å². The quantitative estimate of drug-likeness (QED) is 0.638. The van der Waals surface area contributed by atoms with Gasteiger partial charge in [0.2, 0.25) is 0 Å². The molecule has 1 N–H and O–H groups in total. The number of hydrogen-bond acceptors (Lipinski definition) is 3. The van der Waals surface area contributed by atoms with Gasteiger partial charge in [-0.3, -0.25) is 9.36 Å². The maximum absolute atomic E-state index is 13.2. The number of aromatic nitrogens is 3. The molecular weight excluding hydrogens is 411 g/mol. The molecule has 0 unspecified atom stereocenters. The predicted molar refractivity (Wildman–Crippen MR) is 96.6 cm³/mol. The number of nitrogens with zero attached hydrogens (tertiary/aromatic N) is 3. The monoisotopic (exact) mass is 426 g/mol. The van der Waals surface area contributed by atoms with E-state index in [9.17, 15) is 31.5 Å². The van der Waals surface area contributed by atoms with Crippen molar-refractivity contribution in [2.75, 3.05) is 6.54 Å². The number of amides is 1. The molecule has 158 valence electrons. The highest BCUT2D eigenvalue weighted by atomic mass is 19.4. The third kappa shape index (κ3) is 4.39. The Balaban J connectivity index is 1.74. The van der Waals surface area contributed by atoms with Gasteiger partial charge in [-0.15, -0.1) is 5.10 Å². The minimum absolute atomic E-state index is 0.0260. The van der Waals surface area contributed by atoms with Crippen LogP contribution in [-0.2, 0) is 19.8 Å². The summed E-state index contributed by atoms with van der Waals surface area (Å²) in [6.07, 6.45) is -4.54. The van der Waals surface area contributed by atoms with E-state index in [2.05, 4.69) is 10.4 Å². The van der Waals surface area contributed by atoms with Crippen molar-refractivity contribution >= 4 is 5.91 Å². The summed E-state index contributed by atoms with van der Waals surface area (Å²) in [5.41, 5.74) is -1.47. The second-order valence-electron chi connectivity index (χ2n) is 6.35. The van der Waals surface area contributed by atoms with Gasteiger partial charge in [0.1, 0.15) is 0 Å². The van der Waals surface area contributed by atoms with Gasteiger partial charge in [0.15, 0.2) is 17.5 Å². The number of benzene rings is 2. The molecule has 0 aliphatic carbocycles. The maximum Gasteiger partial charge on any atom is 0.416 e. The molecule has 0 aliphatic heterocycles. The molecule has 3 rings (SSSR count). The largest absolute Gasteiger partial charge is 0.416 e. The van der Waals surface area contributed by atoms with Crippen LogP contribution in [0.2, 0.25) is 0 Å². The minimum Gasteiger partial charge on any atom is -0.350 e. The van der Waals surface area contributed by atoms with Gasteiger partial charge in [-0.2, -0.15) is 13.2 Å². The Morgan fingerprint density at radius 3 is 2.50 bits per heavy atom. The molecular formula is C19H15F5N4O2. The average Bonchev–Trinajstić information content (AvgIpc) is 2.98. The van der Waals surface area contributed by atoms with Crippen LogP contribution in [0, 0.1) is 11.6 Å². The highest BCUT2D eigenvalue weighted by Gasteiger charge is 2.30. The molecule has 1 heterocycles. The molecule has 0 bridgehead atoms. The molecule has 2 aromatic carbocycles. The highest BCUT2D eigenvalue weighted by Crippen LogP contribution is 2.31. The number of carbonyl (C=O) groups excluding carboxylic acids is 1. The Morgan fingerprint density at radius 2 is 1.83 bits per heavy atom. The van der Waals surface area contributed by atoms with Gasteiger partial charge >= 0.3 is 11.9 Å². The standard InChI is InChI=1S/C19H15F5N4O2/c1-27-16(11-3-2-4-13(9-11)19(22,23)24)26-28(18(27)30)8-7-25-17(29)12-5-6-14(20)15(21)10-12/h2-6,9-10H,7-8H2,1H3,(H,25,29). The third-order valence-electron chi connectivity index (χ3n) is 4.28. The molecule has 0 atom stereocenters. The van der Waals surface area contributed by atoms with E-state index < -0.39 is 35.0 Å². The van der Waals surface area contributed by atoms with Crippen molar-refractivity contribution < 1.29 is 26.7 Å². The van der Waals surface area contributed by atoms with Crippen molar-refractivity contribution in [2.45, 2.75) is 12.7 Å². The van der Waals surface area contributed by atoms with Crippen molar-refractivity contribution in [3.63, 3.8) is 0 Å². The summed E-state index contributed by atoms with van der Waals surface area (Å²) in [4.78, 5) is 24.3. The first-order chi connectivity index (χ1) is 14.1. The van der Waals surface area contributed by atoms with Gasteiger partial charge in [0.05, 0.1) is 12.1 Å². The van der Waals surface area contributed by atoms with Crippen molar-refractivity contribution in [1.29, 1.82) is 0 Å². The second-order valence-corrected chi connectivity index (χ2v) is 6.35. The van der Waals surface area contributed by atoms with Gasteiger partial charge in [0, 0.05) is 24.7 Å². The van der Waals surface area contributed by atoms with Gasteiger partial charge in [0.25, 0.3) is 5.91 Å². The fraction of sp³-hybridized carbons (Fsp3) is 0.211. The SMILES string of the molecule is Cn1c(-c2cccc(C(F)(F)F)c2)nn(CCNC(=O)c2ccc(F)c(F)c2)c1=O. The fourth-order valence-electron chi connectivity index (χ4n) is 2.73. The lowest BCUT2D eigenvalue weighted by Crippen LogP contribution is -2.31. The molecule has 1 amide bonds. The van der Waals surface area contributed by atoms with Crippen molar-refractivity contribution in [2.24, 2.45) is 7.05 Å². The van der Waals surface area contributed by atoms with Crippen molar-refractivity contribution in [1.82, 2.24) is 19.7 Å². The Labute approximate surface area is 166 Å². The van der Waals surface area contributed by atoms with E-state index in [1.807, 2.05) is 0 Å². The van der Waals surface area contributed by atoms with Gasteiger partial charge < -0.3 is 5.32 Å². The Hall–Kier alpha value is -3.50. The fourth-order valence-corrected chi connectivity index (χ4v) is 2.73. The predicted octanol–water partition coefficient (Wildman–Crippen LogP) is 2.98. The highest BCUT2D eigenvalue weighted by molar-refractivity contribution is 5.94. The summed E-state index contributed by atoms with van der Waals surface area (Å²) in [6, 6.07) is 7.06. The molecule has 0 saturated carbocycles. The molecule has 0 fully saturated rings. The lowest BCUT2D eigenvalue weighted by molar-refractivity contribution is -0.137.